The van der Waals surface area contributed by atoms with Gasteiger partial charge in [0.2, 0.25) is 10.9 Å². The van der Waals surface area contributed by atoms with Crippen LogP contribution in [0.3, 0.4) is 0 Å². The number of hydrogen-bond acceptors (Lipinski definition) is 5. The van der Waals surface area contributed by atoms with Crippen molar-refractivity contribution in [3.05, 3.63) is 27.1 Å². The third kappa shape index (κ3) is 3.08. The number of piperidine rings is 1. The highest BCUT2D eigenvalue weighted by atomic mass is 35.5. The first-order valence-corrected chi connectivity index (χ1v) is 8.25. The quantitative estimate of drug-likeness (QED) is 0.801. The Morgan fingerprint density at radius 2 is 2.10 bits per heavy atom. The second kappa shape index (κ2) is 6.11. The minimum Gasteiger partial charge on any atom is -0.342 e. The number of carbonyl (C=O) groups is 1. The fourth-order valence-electron chi connectivity index (χ4n) is 2.42. The molecule has 1 aliphatic rings. The van der Waals surface area contributed by atoms with Crippen LogP contribution in [0.15, 0.2) is 10.9 Å². The van der Waals surface area contributed by atoms with E-state index >= 15 is 0 Å². The van der Waals surface area contributed by atoms with Gasteiger partial charge in [-0.2, -0.15) is 9.61 Å². The Morgan fingerprint density at radius 1 is 1.33 bits per heavy atom. The Bertz CT molecular complexity index is 721. The zero-order chi connectivity index (χ0) is 14.8. The molecule has 0 aromatic carbocycles. The topological polar surface area (TPSA) is 67.6 Å². The highest BCUT2D eigenvalue weighted by molar-refractivity contribution is 7.16. The third-order valence-electron chi connectivity index (χ3n) is 3.49. The molecule has 1 amide bonds. The van der Waals surface area contributed by atoms with Crippen LogP contribution >= 0.6 is 22.9 Å². The van der Waals surface area contributed by atoms with E-state index in [2.05, 4.69) is 10.1 Å². The van der Waals surface area contributed by atoms with Crippen molar-refractivity contribution in [1.82, 2.24) is 19.5 Å². The van der Waals surface area contributed by atoms with Crippen LogP contribution in [0.4, 0.5) is 0 Å². The number of carbonyl (C=O) groups excluding carboxylic acids is 1. The monoisotopic (exact) mass is 326 g/mol. The second-order valence-electron chi connectivity index (χ2n) is 5.03. The van der Waals surface area contributed by atoms with Crippen LogP contribution in [0.25, 0.3) is 4.96 Å². The molecule has 1 saturated heterocycles. The van der Waals surface area contributed by atoms with Gasteiger partial charge in [0.1, 0.15) is 5.01 Å². The summed E-state index contributed by atoms with van der Waals surface area (Å²) in [4.78, 5) is 30.7. The summed E-state index contributed by atoms with van der Waals surface area (Å²) in [7, 11) is 0. The van der Waals surface area contributed by atoms with Crippen molar-refractivity contribution in [3.63, 3.8) is 0 Å². The van der Waals surface area contributed by atoms with E-state index in [1.807, 2.05) is 4.90 Å². The minimum absolute atomic E-state index is 0.0689. The summed E-state index contributed by atoms with van der Waals surface area (Å²) in [5, 5.41) is 4.80. The molecule has 8 heteroatoms. The molecule has 6 nitrogen and oxygen atoms in total. The Balaban J connectivity index is 1.82. The van der Waals surface area contributed by atoms with E-state index in [1.165, 1.54) is 28.3 Å². The zero-order valence-corrected chi connectivity index (χ0v) is 13.0. The molecule has 0 bridgehead atoms. The predicted molar refractivity (Wildman–Crippen MR) is 80.8 cm³/mol. The average Bonchev–Trinajstić information content (AvgIpc) is 2.91. The fraction of sp³-hybridized carbons (Fsp3) is 0.538. The van der Waals surface area contributed by atoms with Crippen LogP contribution in [0.1, 0.15) is 30.0 Å². The van der Waals surface area contributed by atoms with Crippen molar-refractivity contribution in [3.8, 4) is 0 Å². The molecular weight excluding hydrogens is 312 g/mol. The molecule has 0 saturated carbocycles. The van der Waals surface area contributed by atoms with Crippen molar-refractivity contribution in [2.75, 3.05) is 13.1 Å². The lowest BCUT2D eigenvalue weighted by Crippen LogP contribution is -2.36. The SMILES string of the molecule is O=C(Cc1nn2c(=O)cc(CCl)nc2s1)N1CCCCC1. The lowest BCUT2D eigenvalue weighted by molar-refractivity contribution is -0.131. The largest absolute Gasteiger partial charge is 0.342 e. The van der Waals surface area contributed by atoms with Gasteiger partial charge >= 0.3 is 0 Å². The maximum absolute atomic E-state index is 12.2. The van der Waals surface area contributed by atoms with Crippen molar-refractivity contribution >= 4 is 33.8 Å². The first-order valence-electron chi connectivity index (χ1n) is 6.90. The number of hydrogen-bond donors (Lipinski definition) is 0. The van der Waals surface area contributed by atoms with Gasteiger partial charge in [0.05, 0.1) is 18.0 Å². The molecule has 1 aliphatic heterocycles. The Hall–Kier alpha value is -1.47. The number of nitrogens with zero attached hydrogens (tertiary/aromatic N) is 4. The van der Waals surface area contributed by atoms with E-state index in [9.17, 15) is 9.59 Å². The van der Waals surface area contributed by atoms with Crippen LogP contribution in [0.2, 0.25) is 0 Å². The van der Waals surface area contributed by atoms with E-state index in [0.717, 1.165) is 25.9 Å². The van der Waals surface area contributed by atoms with E-state index in [0.29, 0.717) is 15.7 Å². The Kier molecular flexibility index (Phi) is 4.21. The Labute approximate surface area is 130 Å². The minimum atomic E-state index is -0.261. The predicted octanol–water partition coefficient (Wildman–Crippen LogP) is 1.44. The smallest absolute Gasteiger partial charge is 0.275 e. The summed E-state index contributed by atoms with van der Waals surface area (Å²) < 4.78 is 1.24. The molecule has 2 aromatic heterocycles. The zero-order valence-electron chi connectivity index (χ0n) is 11.4. The second-order valence-corrected chi connectivity index (χ2v) is 6.34. The molecule has 112 valence electrons. The van der Waals surface area contributed by atoms with Crippen molar-refractivity contribution in [2.45, 2.75) is 31.6 Å². The van der Waals surface area contributed by atoms with Gasteiger partial charge in [0, 0.05) is 19.2 Å². The standard InChI is InChI=1S/C13H15ClN4O2S/c14-8-9-6-12(20)18-13(15-9)21-10(16-18)7-11(19)17-4-2-1-3-5-17/h6H,1-5,7-8H2. The molecule has 0 aliphatic carbocycles. The van der Waals surface area contributed by atoms with Crippen LogP contribution in [-0.4, -0.2) is 38.5 Å². The maximum Gasteiger partial charge on any atom is 0.275 e. The molecule has 2 aromatic rings. The molecule has 1 fully saturated rings. The number of alkyl halides is 1. The molecule has 3 heterocycles. The molecule has 0 unspecified atom stereocenters. The van der Waals surface area contributed by atoms with Gasteiger partial charge in [-0.1, -0.05) is 11.3 Å². The summed E-state index contributed by atoms with van der Waals surface area (Å²) in [6, 6.07) is 1.37. The van der Waals surface area contributed by atoms with Crippen LogP contribution in [-0.2, 0) is 17.1 Å². The summed E-state index contributed by atoms with van der Waals surface area (Å²) >= 11 is 6.97. The third-order valence-corrected chi connectivity index (χ3v) is 4.67. The van der Waals surface area contributed by atoms with E-state index in [1.54, 1.807) is 0 Å². The number of likely N-dealkylation sites (tertiary alicyclic amines) is 1. The van der Waals surface area contributed by atoms with Gasteiger partial charge in [-0.15, -0.1) is 11.6 Å². The number of amides is 1. The van der Waals surface area contributed by atoms with Crippen molar-refractivity contribution in [1.29, 1.82) is 0 Å². The number of halogens is 1. The highest BCUT2D eigenvalue weighted by Crippen LogP contribution is 2.15. The number of fused-ring (bicyclic) bond motifs is 1. The Morgan fingerprint density at radius 3 is 2.81 bits per heavy atom. The fourth-order valence-corrected chi connectivity index (χ4v) is 3.47. The molecule has 0 radical (unpaired) electrons. The molecule has 0 N–H and O–H groups in total. The van der Waals surface area contributed by atoms with E-state index in [4.69, 9.17) is 11.6 Å². The first-order chi connectivity index (χ1) is 10.2. The average molecular weight is 327 g/mol. The molecular formula is C13H15ClN4O2S. The summed E-state index contributed by atoms with van der Waals surface area (Å²) in [5.41, 5.74) is 0.266. The summed E-state index contributed by atoms with van der Waals surface area (Å²) in [5.74, 6) is 0.255. The molecule has 3 rings (SSSR count). The van der Waals surface area contributed by atoms with Crippen molar-refractivity contribution in [2.24, 2.45) is 0 Å². The first kappa shape index (κ1) is 14.5. The lowest BCUT2D eigenvalue weighted by atomic mass is 10.1. The van der Waals surface area contributed by atoms with Gasteiger partial charge in [0.25, 0.3) is 5.56 Å². The van der Waals surface area contributed by atoms with Gasteiger partial charge < -0.3 is 4.90 Å². The van der Waals surface area contributed by atoms with Gasteiger partial charge in [0.15, 0.2) is 0 Å². The normalized spacial score (nSPS) is 15.6. The van der Waals surface area contributed by atoms with Gasteiger partial charge in [-0.3, -0.25) is 9.59 Å². The van der Waals surface area contributed by atoms with Gasteiger partial charge in [-0.25, -0.2) is 4.98 Å². The summed E-state index contributed by atoms with van der Waals surface area (Å²) in [6.07, 6.45) is 3.53. The van der Waals surface area contributed by atoms with E-state index < -0.39 is 0 Å². The van der Waals surface area contributed by atoms with Crippen molar-refractivity contribution < 1.29 is 4.79 Å². The van der Waals surface area contributed by atoms with Crippen LogP contribution in [0, 0.1) is 0 Å². The van der Waals surface area contributed by atoms with E-state index in [-0.39, 0.29) is 23.8 Å². The maximum atomic E-state index is 12.2. The molecule has 21 heavy (non-hydrogen) atoms. The van der Waals surface area contributed by atoms with Gasteiger partial charge in [-0.05, 0) is 19.3 Å². The summed E-state index contributed by atoms with van der Waals surface area (Å²) in [6.45, 7) is 1.64. The van der Waals surface area contributed by atoms with Crippen LogP contribution < -0.4 is 5.56 Å². The molecule has 0 spiro atoms. The number of rotatable bonds is 3. The van der Waals surface area contributed by atoms with Crippen LogP contribution in [0.5, 0.6) is 0 Å². The lowest BCUT2D eigenvalue weighted by Gasteiger charge is -2.26. The molecule has 0 atom stereocenters. The number of aromatic nitrogens is 3. The highest BCUT2D eigenvalue weighted by Gasteiger charge is 2.19.